The number of nitrogens with zero attached hydrogens (tertiary/aromatic N) is 1. The predicted molar refractivity (Wildman–Crippen MR) is 49.2 cm³/mol. The van der Waals surface area contributed by atoms with E-state index < -0.39 is 6.10 Å². The molecule has 2 N–H and O–H groups in total. The van der Waals surface area contributed by atoms with Gasteiger partial charge in [0.2, 0.25) is 0 Å². The van der Waals surface area contributed by atoms with E-state index in [4.69, 9.17) is 5.21 Å². The Bertz CT molecular complexity index is 371. The molecule has 0 spiro atoms. The van der Waals surface area contributed by atoms with Gasteiger partial charge < -0.3 is 10.3 Å². The minimum atomic E-state index is -0.652. The first kappa shape index (κ1) is 8.26. The number of rotatable bonds is 0. The van der Waals surface area contributed by atoms with E-state index in [1.165, 1.54) is 0 Å². The number of fused-ring (bicyclic) bond motifs is 1. The van der Waals surface area contributed by atoms with Crippen molar-refractivity contribution in [1.82, 2.24) is 0 Å². The molecule has 68 valence electrons. The molecule has 0 fully saturated rings. The van der Waals surface area contributed by atoms with Gasteiger partial charge in [0.1, 0.15) is 11.8 Å². The summed E-state index contributed by atoms with van der Waals surface area (Å²) in [6.07, 6.45) is -0.0948. The Kier molecular flexibility index (Phi) is 1.81. The zero-order chi connectivity index (χ0) is 9.42. The van der Waals surface area contributed by atoms with Crippen molar-refractivity contribution >= 4 is 5.71 Å². The topological polar surface area (TPSA) is 52.8 Å². The van der Waals surface area contributed by atoms with Crippen molar-refractivity contribution in [2.75, 3.05) is 0 Å². The second-order valence-electron chi connectivity index (χ2n) is 3.31. The average molecular weight is 177 g/mol. The first-order chi connectivity index (χ1) is 6.24. The highest BCUT2D eigenvalue weighted by Gasteiger charge is 2.27. The van der Waals surface area contributed by atoms with Gasteiger partial charge in [0.05, 0.1) is 0 Å². The Morgan fingerprint density at radius 3 is 2.92 bits per heavy atom. The lowest BCUT2D eigenvalue weighted by atomic mass is 10.0. The number of aliphatic hydroxyl groups excluding tert-OH is 1. The van der Waals surface area contributed by atoms with Crippen LogP contribution in [0, 0.1) is 6.92 Å². The van der Waals surface area contributed by atoms with E-state index in [2.05, 4.69) is 5.16 Å². The van der Waals surface area contributed by atoms with Crippen LogP contribution in [-0.2, 0) is 6.42 Å². The fourth-order valence-corrected chi connectivity index (χ4v) is 1.80. The van der Waals surface area contributed by atoms with Crippen molar-refractivity contribution in [2.45, 2.75) is 19.4 Å². The Morgan fingerprint density at radius 2 is 2.23 bits per heavy atom. The molecule has 1 aromatic rings. The molecule has 0 bridgehead atoms. The molecular formula is C10H11NO2. The molecular weight excluding hydrogens is 166 g/mol. The lowest BCUT2D eigenvalue weighted by molar-refractivity contribution is 0.237. The van der Waals surface area contributed by atoms with Crippen LogP contribution in [-0.4, -0.2) is 22.1 Å². The van der Waals surface area contributed by atoms with Crippen molar-refractivity contribution in [2.24, 2.45) is 5.16 Å². The smallest absolute Gasteiger partial charge is 0.116 e. The molecule has 0 aromatic heterocycles. The van der Waals surface area contributed by atoms with Gasteiger partial charge in [-0.05, 0) is 18.1 Å². The molecule has 0 saturated heterocycles. The summed E-state index contributed by atoms with van der Waals surface area (Å²) in [4.78, 5) is 0. The molecule has 1 aliphatic carbocycles. The molecule has 0 unspecified atom stereocenters. The quantitative estimate of drug-likeness (QED) is 0.460. The average Bonchev–Trinajstić information content (AvgIpc) is 2.43. The molecule has 0 saturated carbocycles. The molecule has 0 aliphatic heterocycles. The Balaban J connectivity index is 2.61. The first-order valence-electron chi connectivity index (χ1n) is 4.23. The van der Waals surface area contributed by atoms with Crippen LogP contribution in [0.2, 0.25) is 0 Å². The molecule has 0 radical (unpaired) electrons. The van der Waals surface area contributed by atoms with Gasteiger partial charge in [0.15, 0.2) is 0 Å². The number of aliphatic hydroxyl groups is 1. The summed E-state index contributed by atoms with van der Waals surface area (Å²) in [6, 6.07) is 5.76. The predicted octanol–water partition coefficient (Wildman–Crippen LogP) is 1.09. The zero-order valence-electron chi connectivity index (χ0n) is 7.36. The van der Waals surface area contributed by atoms with E-state index in [1.54, 1.807) is 0 Å². The first-order valence-corrected chi connectivity index (χ1v) is 4.23. The number of benzene rings is 1. The van der Waals surface area contributed by atoms with Crippen LogP contribution in [0.15, 0.2) is 23.4 Å². The molecule has 2 rings (SSSR count). The van der Waals surface area contributed by atoms with Crippen LogP contribution in [0.25, 0.3) is 0 Å². The van der Waals surface area contributed by atoms with Crippen molar-refractivity contribution in [3.8, 4) is 0 Å². The maximum atomic E-state index is 9.54. The summed E-state index contributed by atoms with van der Waals surface area (Å²) in [5, 5.41) is 21.4. The summed E-state index contributed by atoms with van der Waals surface area (Å²) in [7, 11) is 0. The monoisotopic (exact) mass is 177 g/mol. The highest BCUT2D eigenvalue weighted by Crippen LogP contribution is 2.25. The molecule has 13 heavy (non-hydrogen) atoms. The van der Waals surface area contributed by atoms with E-state index >= 15 is 0 Å². The molecule has 0 amide bonds. The highest BCUT2D eigenvalue weighted by atomic mass is 16.4. The van der Waals surface area contributed by atoms with E-state index in [9.17, 15) is 5.11 Å². The van der Waals surface area contributed by atoms with Crippen LogP contribution in [0.5, 0.6) is 0 Å². The largest absolute Gasteiger partial charge is 0.411 e. The minimum Gasteiger partial charge on any atom is -0.411 e. The third-order valence-corrected chi connectivity index (χ3v) is 2.51. The van der Waals surface area contributed by atoms with Crippen molar-refractivity contribution in [3.63, 3.8) is 0 Å². The number of hydrogen-bond donors (Lipinski definition) is 2. The molecule has 1 atom stereocenters. The van der Waals surface area contributed by atoms with E-state index in [0.717, 1.165) is 16.7 Å². The number of hydrogen-bond acceptors (Lipinski definition) is 3. The maximum absolute atomic E-state index is 9.54. The van der Waals surface area contributed by atoms with Crippen LogP contribution in [0.1, 0.15) is 16.7 Å². The van der Waals surface area contributed by atoms with Crippen molar-refractivity contribution < 1.29 is 10.3 Å². The lowest BCUT2D eigenvalue weighted by Gasteiger charge is -2.00. The lowest BCUT2D eigenvalue weighted by Crippen LogP contribution is -2.15. The summed E-state index contributed by atoms with van der Waals surface area (Å²) in [5.74, 6) is 0. The van der Waals surface area contributed by atoms with Crippen LogP contribution in [0.4, 0.5) is 0 Å². The van der Waals surface area contributed by atoms with Crippen LogP contribution in [0.3, 0.4) is 0 Å². The van der Waals surface area contributed by atoms with Gasteiger partial charge in [-0.3, -0.25) is 0 Å². The zero-order valence-corrected chi connectivity index (χ0v) is 7.36. The van der Waals surface area contributed by atoms with E-state index in [-0.39, 0.29) is 0 Å². The second kappa shape index (κ2) is 2.85. The van der Waals surface area contributed by atoms with Gasteiger partial charge in [-0.25, -0.2) is 0 Å². The normalized spacial score (nSPS) is 23.5. The summed E-state index contributed by atoms with van der Waals surface area (Å²) in [5.41, 5.74) is 3.48. The van der Waals surface area contributed by atoms with Gasteiger partial charge in [0, 0.05) is 12.0 Å². The van der Waals surface area contributed by atoms with Gasteiger partial charge in [-0.15, -0.1) is 0 Å². The number of oxime groups is 1. The highest BCUT2D eigenvalue weighted by molar-refractivity contribution is 6.07. The van der Waals surface area contributed by atoms with Crippen LogP contribution < -0.4 is 0 Å². The summed E-state index contributed by atoms with van der Waals surface area (Å²) < 4.78 is 0. The van der Waals surface area contributed by atoms with Gasteiger partial charge in [0.25, 0.3) is 0 Å². The molecule has 0 heterocycles. The molecule has 1 aliphatic rings. The molecule has 3 nitrogen and oxygen atoms in total. The Morgan fingerprint density at radius 1 is 1.46 bits per heavy atom. The molecule has 1 aromatic carbocycles. The van der Waals surface area contributed by atoms with Crippen molar-refractivity contribution in [3.05, 3.63) is 34.9 Å². The van der Waals surface area contributed by atoms with Gasteiger partial charge in [-0.2, -0.15) is 0 Å². The van der Waals surface area contributed by atoms with Gasteiger partial charge in [-0.1, -0.05) is 23.4 Å². The number of aryl methyl sites for hydroxylation is 1. The van der Waals surface area contributed by atoms with E-state index in [1.807, 2.05) is 25.1 Å². The molecule has 3 heteroatoms. The fraction of sp³-hybridized carbons (Fsp3) is 0.300. The third kappa shape index (κ3) is 1.12. The van der Waals surface area contributed by atoms with E-state index in [0.29, 0.717) is 12.1 Å². The van der Waals surface area contributed by atoms with Gasteiger partial charge >= 0.3 is 0 Å². The minimum absolute atomic E-state index is 0.388. The van der Waals surface area contributed by atoms with Crippen molar-refractivity contribution in [1.29, 1.82) is 0 Å². The second-order valence-corrected chi connectivity index (χ2v) is 3.31. The summed E-state index contributed by atoms with van der Waals surface area (Å²) >= 11 is 0. The van der Waals surface area contributed by atoms with Crippen LogP contribution >= 0.6 is 0 Å². The SMILES string of the molecule is Cc1cccc2c1C[C@H](O)/C2=N\O. The summed E-state index contributed by atoms with van der Waals surface area (Å²) in [6.45, 7) is 1.99. The standard InChI is InChI=1S/C10H11NO2/c1-6-3-2-4-7-8(6)5-9(12)10(7)11-13/h2-4,9,12-13H,5H2,1H3/b11-10-/t9-/m0/s1. The maximum Gasteiger partial charge on any atom is 0.116 e. The Hall–Kier alpha value is -1.35. The Labute approximate surface area is 76.3 Å². The fourth-order valence-electron chi connectivity index (χ4n) is 1.80. The third-order valence-electron chi connectivity index (χ3n) is 2.51.